The molecule has 8 heteroatoms. The Kier molecular flexibility index (Phi) is 6.59. The average Bonchev–Trinajstić information content (AvgIpc) is 2.72. The van der Waals surface area contributed by atoms with Crippen molar-refractivity contribution >= 4 is 34.0 Å². The summed E-state index contributed by atoms with van der Waals surface area (Å²) in [6.45, 7) is 5.62. The fourth-order valence-electron chi connectivity index (χ4n) is 2.76. The van der Waals surface area contributed by atoms with Crippen LogP contribution in [0.4, 0.5) is 5.69 Å². The van der Waals surface area contributed by atoms with Crippen molar-refractivity contribution in [1.29, 1.82) is 0 Å². The summed E-state index contributed by atoms with van der Waals surface area (Å²) in [5.41, 5.74) is 7.31. The number of amides is 1. The highest BCUT2D eigenvalue weighted by atomic mass is 35.5. The van der Waals surface area contributed by atoms with Crippen LogP contribution in [-0.2, 0) is 21.2 Å². The molecule has 6 nitrogen and oxygen atoms in total. The molecule has 0 saturated heterocycles. The first kappa shape index (κ1) is 19.9. The Bertz CT molecular complexity index is 677. The lowest BCUT2D eigenvalue weighted by molar-refractivity contribution is -0.116. The molecule has 1 amide bonds. The van der Waals surface area contributed by atoms with Crippen LogP contribution in [0.3, 0.4) is 0 Å². The second-order valence-corrected chi connectivity index (χ2v) is 7.66. The molecule has 2 unspecified atom stereocenters. The zero-order chi connectivity index (χ0) is 16.5. The number of halogens is 1. The van der Waals surface area contributed by atoms with Gasteiger partial charge in [0.2, 0.25) is 15.9 Å². The van der Waals surface area contributed by atoms with Crippen molar-refractivity contribution in [3.8, 4) is 0 Å². The lowest BCUT2D eigenvalue weighted by Gasteiger charge is -2.20. The van der Waals surface area contributed by atoms with E-state index >= 15 is 0 Å². The number of rotatable bonds is 5. The number of fused-ring (bicyclic) bond motifs is 1. The minimum Gasteiger partial charge on any atom is -0.328 e. The molecule has 3 N–H and O–H groups in total. The van der Waals surface area contributed by atoms with E-state index in [9.17, 15) is 13.2 Å². The van der Waals surface area contributed by atoms with Crippen LogP contribution in [0.25, 0.3) is 0 Å². The molecule has 0 aromatic heterocycles. The van der Waals surface area contributed by atoms with Crippen molar-refractivity contribution in [2.24, 2.45) is 5.73 Å². The van der Waals surface area contributed by atoms with E-state index in [1.807, 2.05) is 13.8 Å². The SMILES string of the molecule is CC(=O)N1c2ccc(S(=O)(=O)NCCC(C)N)cc2CC1C.Cl. The van der Waals surface area contributed by atoms with Crippen molar-refractivity contribution in [3.63, 3.8) is 0 Å². The maximum Gasteiger partial charge on any atom is 0.240 e. The standard InChI is InChI=1S/C15H23N3O3S.ClH/c1-10(16)6-7-17-22(20,21)14-4-5-15-13(9-14)8-11(2)18(15)12(3)19;/h4-5,9-11,17H,6-8,16H2,1-3H3;1H. The Morgan fingerprint density at radius 2 is 2.13 bits per heavy atom. The zero-order valence-corrected chi connectivity index (χ0v) is 15.2. The monoisotopic (exact) mass is 361 g/mol. The second-order valence-electron chi connectivity index (χ2n) is 5.90. The van der Waals surface area contributed by atoms with Gasteiger partial charge in [0.05, 0.1) is 4.90 Å². The molecule has 0 radical (unpaired) electrons. The molecular formula is C15H24ClN3O3S. The highest BCUT2D eigenvalue weighted by Gasteiger charge is 2.30. The van der Waals surface area contributed by atoms with Crippen LogP contribution < -0.4 is 15.4 Å². The first-order valence-corrected chi connectivity index (χ1v) is 8.88. The summed E-state index contributed by atoms with van der Waals surface area (Å²) in [5.74, 6) is -0.0306. The van der Waals surface area contributed by atoms with Gasteiger partial charge in [0.1, 0.15) is 0 Å². The number of sulfonamides is 1. The molecule has 130 valence electrons. The van der Waals surface area contributed by atoms with E-state index in [0.29, 0.717) is 19.4 Å². The van der Waals surface area contributed by atoms with E-state index < -0.39 is 10.0 Å². The van der Waals surface area contributed by atoms with Gasteiger partial charge in [-0.15, -0.1) is 12.4 Å². The van der Waals surface area contributed by atoms with Crippen molar-refractivity contribution in [2.45, 2.75) is 50.6 Å². The number of carbonyl (C=O) groups excluding carboxylic acids is 1. The van der Waals surface area contributed by atoms with Crippen LogP contribution in [0.5, 0.6) is 0 Å². The van der Waals surface area contributed by atoms with Gasteiger partial charge in [-0.05, 0) is 50.5 Å². The molecule has 23 heavy (non-hydrogen) atoms. The molecule has 2 atom stereocenters. The number of anilines is 1. The quantitative estimate of drug-likeness (QED) is 0.829. The molecule has 0 fully saturated rings. The fraction of sp³-hybridized carbons (Fsp3) is 0.533. The molecule has 1 aromatic carbocycles. The summed E-state index contributed by atoms with van der Waals surface area (Å²) < 4.78 is 27.1. The number of nitrogens with two attached hydrogens (primary N) is 1. The van der Waals surface area contributed by atoms with E-state index in [-0.39, 0.29) is 35.3 Å². The van der Waals surface area contributed by atoms with Gasteiger partial charge in [-0.25, -0.2) is 13.1 Å². The third kappa shape index (κ3) is 4.44. The summed E-state index contributed by atoms with van der Waals surface area (Å²) in [5, 5.41) is 0. The molecule has 0 aliphatic carbocycles. The molecule has 0 saturated carbocycles. The number of carbonyl (C=O) groups is 1. The second kappa shape index (κ2) is 7.61. The van der Waals surface area contributed by atoms with Gasteiger partial charge in [-0.2, -0.15) is 0 Å². The maximum absolute atomic E-state index is 12.3. The number of hydrogen-bond acceptors (Lipinski definition) is 4. The lowest BCUT2D eigenvalue weighted by atomic mass is 10.1. The Hall–Kier alpha value is -1.15. The maximum atomic E-state index is 12.3. The topological polar surface area (TPSA) is 92.5 Å². The van der Waals surface area contributed by atoms with Crippen LogP contribution in [0.15, 0.2) is 23.1 Å². The highest BCUT2D eigenvalue weighted by Crippen LogP contribution is 2.33. The number of nitrogens with one attached hydrogen (secondary N) is 1. The molecule has 2 rings (SSSR count). The van der Waals surface area contributed by atoms with Gasteiger partial charge < -0.3 is 10.6 Å². The van der Waals surface area contributed by atoms with Crippen LogP contribution >= 0.6 is 12.4 Å². The number of nitrogens with zero attached hydrogens (tertiary/aromatic N) is 1. The Balaban J connectivity index is 0.00000264. The zero-order valence-electron chi connectivity index (χ0n) is 13.6. The molecule has 1 aliphatic rings. The predicted octanol–water partition coefficient (Wildman–Crippen LogP) is 1.42. The molecular weight excluding hydrogens is 338 g/mol. The van der Waals surface area contributed by atoms with Gasteiger partial charge in [0.15, 0.2) is 0 Å². The summed E-state index contributed by atoms with van der Waals surface area (Å²) in [6.07, 6.45) is 1.25. The van der Waals surface area contributed by atoms with E-state index in [4.69, 9.17) is 5.73 Å². The Morgan fingerprint density at radius 3 is 2.70 bits per heavy atom. The minimum absolute atomic E-state index is 0. The summed E-state index contributed by atoms with van der Waals surface area (Å²) in [6, 6.07) is 4.91. The fourth-order valence-corrected chi connectivity index (χ4v) is 3.86. The van der Waals surface area contributed by atoms with Crippen LogP contribution in [-0.4, -0.2) is 33.0 Å². The van der Waals surface area contributed by atoms with Gasteiger partial charge in [-0.1, -0.05) is 0 Å². The minimum atomic E-state index is -3.54. The third-order valence-corrected chi connectivity index (χ3v) is 5.27. The van der Waals surface area contributed by atoms with Crippen LogP contribution in [0.2, 0.25) is 0 Å². The van der Waals surface area contributed by atoms with E-state index in [2.05, 4.69) is 4.72 Å². The van der Waals surface area contributed by atoms with Gasteiger partial charge in [0, 0.05) is 31.2 Å². The van der Waals surface area contributed by atoms with Gasteiger partial charge in [-0.3, -0.25) is 4.79 Å². The normalized spacial score (nSPS) is 18.3. The van der Waals surface area contributed by atoms with Crippen molar-refractivity contribution in [2.75, 3.05) is 11.4 Å². The number of hydrogen-bond donors (Lipinski definition) is 2. The molecule has 0 bridgehead atoms. The average molecular weight is 362 g/mol. The van der Waals surface area contributed by atoms with Crippen molar-refractivity contribution in [3.05, 3.63) is 23.8 Å². The number of benzene rings is 1. The van der Waals surface area contributed by atoms with E-state index in [1.165, 1.54) is 6.92 Å². The van der Waals surface area contributed by atoms with Crippen molar-refractivity contribution in [1.82, 2.24) is 4.72 Å². The smallest absolute Gasteiger partial charge is 0.240 e. The van der Waals surface area contributed by atoms with Crippen LogP contribution in [0, 0.1) is 0 Å². The first-order chi connectivity index (χ1) is 10.2. The van der Waals surface area contributed by atoms with Crippen molar-refractivity contribution < 1.29 is 13.2 Å². The van der Waals surface area contributed by atoms with Gasteiger partial charge in [0.25, 0.3) is 0 Å². The van der Waals surface area contributed by atoms with E-state index in [1.54, 1.807) is 23.1 Å². The predicted molar refractivity (Wildman–Crippen MR) is 93.5 cm³/mol. The highest BCUT2D eigenvalue weighted by molar-refractivity contribution is 7.89. The van der Waals surface area contributed by atoms with E-state index in [0.717, 1.165) is 11.3 Å². The molecule has 1 heterocycles. The first-order valence-electron chi connectivity index (χ1n) is 7.40. The lowest BCUT2D eigenvalue weighted by Crippen LogP contribution is -2.33. The molecule has 0 spiro atoms. The third-order valence-electron chi connectivity index (χ3n) is 3.81. The largest absolute Gasteiger partial charge is 0.328 e. The van der Waals surface area contributed by atoms with Gasteiger partial charge >= 0.3 is 0 Å². The Labute approximate surface area is 143 Å². The molecule has 1 aliphatic heterocycles. The summed E-state index contributed by atoms with van der Waals surface area (Å²) in [7, 11) is -3.54. The summed E-state index contributed by atoms with van der Waals surface area (Å²) >= 11 is 0. The Morgan fingerprint density at radius 1 is 1.48 bits per heavy atom. The summed E-state index contributed by atoms with van der Waals surface area (Å²) in [4.78, 5) is 13.6. The molecule has 1 aromatic rings. The van der Waals surface area contributed by atoms with Crippen LogP contribution in [0.1, 0.15) is 32.8 Å².